The predicted molar refractivity (Wildman–Crippen MR) is 77.3 cm³/mol. The minimum absolute atomic E-state index is 0.281. The Hall–Kier alpha value is -1.11. The fourth-order valence-electron chi connectivity index (χ4n) is 1.88. The first-order valence-electron chi connectivity index (χ1n) is 6.33. The van der Waals surface area contributed by atoms with Gasteiger partial charge in [-0.1, -0.05) is 11.6 Å². The van der Waals surface area contributed by atoms with Crippen molar-refractivity contribution in [1.29, 1.82) is 0 Å². The molecule has 6 nitrogen and oxygen atoms in total. The van der Waals surface area contributed by atoms with E-state index in [1.54, 1.807) is 0 Å². The smallest absolute Gasteiger partial charge is 0.240 e. The Bertz CT molecular complexity index is 392. The van der Waals surface area contributed by atoms with Crippen LogP contribution < -0.4 is 16.0 Å². The Labute approximate surface area is 119 Å². The summed E-state index contributed by atoms with van der Waals surface area (Å²) in [5, 5.41) is 0.375. The summed E-state index contributed by atoms with van der Waals surface area (Å²) in [7, 11) is 0. The van der Waals surface area contributed by atoms with Crippen molar-refractivity contribution >= 4 is 17.5 Å². The van der Waals surface area contributed by atoms with Crippen molar-refractivity contribution in [2.24, 2.45) is 5.84 Å². The number of aromatic nitrogens is 2. The summed E-state index contributed by atoms with van der Waals surface area (Å²) in [6.45, 7) is 9.96. The van der Waals surface area contributed by atoms with Crippen LogP contribution in [0.2, 0.25) is 5.02 Å². The zero-order chi connectivity index (χ0) is 14.4. The fraction of sp³-hybridized carbons (Fsp3) is 0.667. The molecule has 0 radical (unpaired) electrons. The molecule has 0 fully saturated rings. The van der Waals surface area contributed by atoms with Crippen LogP contribution in [-0.2, 0) is 0 Å². The molecular weight excluding hydrogens is 266 g/mol. The van der Waals surface area contributed by atoms with Gasteiger partial charge in [-0.05, 0) is 27.7 Å². The largest absolute Gasteiger partial charge is 0.475 e. The zero-order valence-corrected chi connectivity index (χ0v) is 12.6. The predicted octanol–water partition coefficient (Wildman–Crippen LogP) is 1.91. The molecule has 19 heavy (non-hydrogen) atoms. The molecule has 108 valence electrons. The molecule has 0 spiro atoms. The van der Waals surface area contributed by atoms with E-state index in [4.69, 9.17) is 22.2 Å². The van der Waals surface area contributed by atoms with Crippen molar-refractivity contribution in [2.45, 2.75) is 39.8 Å². The minimum Gasteiger partial charge on any atom is -0.475 e. The van der Waals surface area contributed by atoms with Crippen LogP contribution in [0.3, 0.4) is 0 Å². The van der Waals surface area contributed by atoms with Crippen molar-refractivity contribution < 1.29 is 4.74 Å². The average Bonchev–Trinajstić information content (AvgIpc) is 2.35. The van der Waals surface area contributed by atoms with Crippen LogP contribution in [0.5, 0.6) is 5.88 Å². The highest BCUT2D eigenvalue weighted by atomic mass is 35.5. The van der Waals surface area contributed by atoms with Gasteiger partial charge in [0, 0.05) is 18.6 Å². The van der Waals surface area contributed by atoms with E-state index in [1.165, 1.54) is 6.20 Å². The van der Waals surface area contributed by atoms with Gasteiger partial charge in [0.05, 0.1) is 6.20 Å². The van der Waals surface area contributed by atoms with Crippen molar-refractivity contribution in [1.82, 2.24) is 14.9 Å². The van der Waals surface area contributed by atoms with Crippen molar-refractivity contribution in [3.63, 3.8) is 0 Å². The minimum atomic E-state index is 0.281. The lowest BCUT2D eigenvalue weighted by Crippen LogP contribution is -2.39. The van der Waals surface area contributed by atoms with Gasteiger partial charge in [0.25, 0.3) is 0 Å². The van der Waals surface area contributed by atoms with Gasteiger partial charge in [-0.3, -0.25) is 10.3 Å². The van der Waals surface area contributed by atoms with Gasteiger partial charge in [-0.2, -0.15) is 4.98 Å². The van der Waals surface area contributed by atoms with E-state index in [2.05, 4.69) is 48.0 Å². The van der Waals surface area contributed by atoms with Crippen LogP contribution in [0.25, 0.3) is 0 Å². The number of halogens is 1. The molecule has 0 saturated heterocycles. The maximum absolute atomic E-state index is 5.96. The van der Waals surface area contributed by atoms with Gasteiger partial charge >= 0.3 is 0 Å². The highest BCUT2D eigenvalue weighted by Crippen LogP contribution is 2.21. The maximum atomic E-state index is 5.96. The summed E-state index contributed by atoms with van der Waals surface area (Å²) in [6, 6.07) is 0.927. The second-order valence-corrected chi connectivity index (χ2v) is 5.17. The molecule has 0 aromatic carbocycles. The van der Waals surface area contributed by atoms with Crippen LogP contribution in [0, 0.1) is 0 Å². The second kappa shape index (κ2) is 7.47. The Morgan fingerprint density at radius 1 is 1.37 bits per heavy atom. The zero-order valence-electron chi connectivity index (χ0n) is 11.9. The SMILES string of the molecule is CC(C)N(CCOc1nc(NN)ncc1Cl)C(C)C. The lowest BCUT2D eigenvalue weighted by atomic mass is 10.2. The van der Waals surface area contributed by atoms with E-state index in [0.29, 0.717) is 29.6 Å². The topological polar surface area (TPSA) is 76.3 Å². The molecule has 1 heterocycles. The van der Waals surface area contributed by atoms with Crippen molar-refractivity contribution in [3.8, 4) is 5.88 Å². The number of nitrogens with two attached hydrogens (primary N) is 1. The molecule has 1 rings (SSSR count). The third-order valence-corrected chi connectivity index (χ3v) is 3.02. The molecular formula is C12H22ClN5O. The van der Waals surface area contributed by atoms with Crippen LogP contribution in [0.1, 0.15) is 27.7 Å². The summed E-state index contributed by atoms with van der Waals surface area (Å²) in [4.78, 5) is 10.3. The number of hydrazine groups is 1. The van der Waals surface area contributed by atoms with Crippen molar-refractivity contribution in [2.75, 3.05) is 18.6 Å². The molecule has 0 saturated carbocycles. The Morgan fingerprint density at radius 2 is 2.00 bits per heavy atom. The molecule has 0 aliphatic heterocycles. The second-order valence-electron chi connectivity index (χ2n) is 4.76. The third kappa shape index (κ3) is 4.81. The maximum Gasteiger partial charge on any atom is 0.240 e. The van der Waals surface area contributed by atoms with Gasteiger partial charge in [-0.25, -0.2) is 10.8 Å². The molecule has 7 heteroatoms. The molecule has 0 aliphatic carbocycles. The van der Waals surface area contributed by atoms with Crippen molar-refractivity contribution in [3.05, 3.63) is 11.2 Å². The first-order chi connectivity index (χ1) is 8.95. The average molecular weight is 288 g/mol. The van der Waals surface area contributed by atoms with Gasteiger partial charge in [-0.15, -0.1) is 0 Å². The molecule has 0 unspecified atom stereocenters. The van der Waals surface area contributed by atoms with Crippen LogP contribution >= 0.6 is 11.6 Å². The molecule has 1 aromatic rings. The lowest BCUT2D eigenvalue weighted by Gasteiger charge is -2.30. The standard InChI is InChI=1S/C12H22ClN5O/c1-8(2)18(9(3)4)5-6-19-11-10(13)7-15-12(16-11)17-14/h7-9H,5-6,14H2,1-4H3,(H,15,16,17). The molecule has 1 aromatic heterocycles. The summed E-state index contributed by atoms with van der Waals surface area (Å²) in [5.41, 5.74) is 2.36. The van der Waals surface area contributed by atoms with Crippen LogP contribution in [-0.4, -0.2) is 40.1 Å². The van der Waals surface area contributed by atoms with Crippen LogP contribution in [0.15, 0.2) is 6.20 Å². The summed E-state index contributed by atoms with van der Waals surface area (Å²) in [6.07, 6.45) is 1.46. The van der Waals surface area contributed by atoms with E-state index in [-0.39, 0.29) is 5.95 Å². The Balaban J connectivity index is 2.57. The third-order valence-electron chi connectivity index (χ3n) is 2.76. The van der Waals surface area contributed by atoms with E-state index in [1.807, 2.05) is 0 Å². The summed E-state index contributed by atoms with van der Waals surface area (Å²) >= 11 is 5.96. The molecule has 3 N–H and O–H groups in total. The number of hydrogen-bond donors (Lipinski definition) is 2. The fourth-order valence-corrected chi connectivity index (χ4v) is 2.03. The molecule has 0 bridgehead atoms. The number of nitrogens with one attached hydrogen (secondary N) is 1. The number of nitrogens with zero attached hydrogens (tertiary/aromatic N) is 3. The Kier molecular flexibility index (Phi) is 6.27. The summed E-state index contributed by atoms with van der Waals surface area (Å²) < 4.78 is 5.59. The van der Waals surface area contributed by atoms with E-state index in [0.717, 1.165) is 6.54 Å². The van der Waals surface area contributed by atoms with Gasteiger partial charge < -0.3 is 4.74 Å². The highest BCUT2D eigenvalue weighted by molar-refractivity contribution is 6.31. The first-order valence-corrected chi connectivity index (χ1v) is 6.71. The molecule has 0 atom stereocenters. The lowest BCUT2D eigenvalue weighted by molar-refractivity contribution is 0.140. The normalized spacial score (nSPS) is 11.4. The number of hydrogen-bond acceptors (Lipinski definition) is 6. The quantitative estimate of drug-likeness (QED) is 0.589. The van der Waals surface area contributed by atoms with Gasteiger partial charge in [0.1, 0.15) is 11.6 Å². The first kappa shape index (κ1) is 15.9. The number of anilines is 1. The molecule has 0 amide bonds. The van der Waals surface area contributed by atoms with E-state index in [9.17, 15) is 0 Å². The van der Waals surface area contributed by atoms with E-state index < -0.39 is 0 Å². The number of rotatable bonds is 7. The molecule has 0 aliphatic rings. The highest BCUT2D eigenvalue weighted by Gasteiger charge is 2.14. The number of nitrogen functional groups attached to an aromatic ring is 1. The summed E-state index contributed by atoms with van der Waals surface area (Å²) in [5.74, 6) is 5.87. The number of ether oxygens (including phenoxy) is 1. The van der Waals surface area contributed by atoms with Gasteiger partial charge in [0.2, 0.25) is 11.8 Å². The Morgan fingerprint density at radius 3 is 2.53 bits per heavy atom. The monoisotopic (exact) mass is 287 g/mol. The van der Waals surface area contributed by atoms with Crippen LogP contribution in [0.4, 0.5) is 5.95 Å². The van der Waals surface area contributed by atoms with E-state index >= 15 is 0 Å². The van der Waals surface area contributed by atoms with Gasteiger partial charge in [0.15, 0.2) is 0 Å².